The second-order valence-corrected chi connectivity index (χ2v) is 9.07. The van der Waals surface area contributed by atoms with Gasteiger partial charge in [0, 0.05) is 11.1 Å². The Labute approximate surface area is 233 Å². The predicted octanol–water partition coefficient (Wildman–Crippen LogP) is 6.80. The van der Waals surface area contributed by atoms with Crippen molar-refractivity contribution in [1.29, 1.82) is 0 Å². The fourth-order valence-electron chi connectivity index (χ4n) is 4.24. The molecule has 2 amide bonds. The van der Waals surface area contributed by atoms with Crippen molar-refractivity contribution >= 4 is 29.2 Å². The summed E-state index contributed by atoms with van der Waals surface area (Å²) in [6.45, 7) is 1.03. The number of benzene rings is 3. The molecule has 42 heavy (non-hydrogen) atoms. The van der Waals surface area contributed by atoms with Crippen molar-refractivity contribution in [3.63, 3.8) is 0 Å². The molecule has 0 fully saturated rings. The van der Waals surface area contributed by atoms with E-state index in [1.54, 1.807) is 18.2 Å². The van der Waals surface area contributed by atoms with Crippen LogP contribution in [0.3, 0.4) is 0 Å². The van der Waals surface area contributed by atoms with Gasteiger partial charge in [-0.05, 0) is 49.2 Å². The number of methoxy groups -OCH3 is 1. The van der Waals surface area contributed by atoms with E-state index in [-0.39, 0.29) is 23.4 Å². The minimum atomic E-state index is -6.39. The highest BCUT2D eigenvalue weighted by atomic mass is 19.4. The van der Waals surface area contributed by atoms with Gasteiger partial charge in [-0.25, -0.2) is 8.78 Å². The number of hydrogen-bond donors (Lipinski definition) is 1. The number of alkyl halides is 7. The molecule has 0 atom stereocenters. The first kappa shape index (κ1) is 32.0. The summed E-state index contributed by atoms with van der Waals surface area (Å²) in [5.74, 6) is -4.31. The highest BCUT2D eigenvalue weighted by molar-refractivity contribution is 6.11. The number of carbonyl (C=O) groups excluding carboxylic acids is 3. The Morgan fingerprint density at radius 3 is 1.88 bits per heavy atom. The highest BCUT2D eigenvalue weighted by Gasteiger charge is 2.73. The minimum absolute atomic E-state index is 0.161. The van der Waals surface area contributed by atoms with Crippen LogP contribution in [0.4, 0.5) is 46.5 Å². The average Bonchev–Trinajstić information content (AvgIpc) is 2.91. The number of hydrogen-bond acceptors (Lipinski definition) is 4. The summed E-state index contributed by atoms with van der Waals surface area (Å²) in [6, 6.07) is 11.4. The van der Waals surface area contributed by atoms with E-state index < -0.39 is 76.1 Å². The normalized spacial score (nSPS) is 12.1. The number of halogens is 8. The lowest BCUT2D eigenvalue weighted by Crippen LogP contribution is -2.50. The molecule has 0 aliphatic carbocycles. The van der Waals surface area contributed by atoms with E-state index in [2.05, 4.69) is 10.1 Å². The van der Waals surface area contributed by atoms with Crippen LogP contribution in [0, 0.1) is 19.7 Å². The molecule has 0 bridgehead atoms. The lowest BCUT2D eigenvalue weighted by Gasteiger charge is -2.32. The highest BCUT2D eigenvalue weighted by Crippen LogP contribution is 2.54. The van der Waals surface area contributed by atoms with Gasteiger partial charge in [-0.2, -0.15) is 26.3 Å². The number of esters is 1. The summed E-state index contributed by atoms with van der Waals surface area (Å²) >= 11 is 0. The molecular formula is C28H22F8N2O4. The lowest BCUT2D eigenvalue weighted by molar-refractivity contribution is -0.348. The van der Waals surface area contributed by atoms with Crippen LogP contribution in [0.2, 0.25) is 0 Å². The third kappa shape index (κ3) is 6.06. The maximum absolute atomic E-state index is 15.5. The van der Waals surface area contributed by atoms with E-state index >= 15 is 4.39 Å². The summed E-state index contributed by atoms with van der Waals surface area (Å²) in [5.41, 5.74) is -9.86. The molecule has 0 saturated heterocycles. The number of ether oxygens (including phenoxy) is 1. The summed E-state index contributed by atoms with van der Waals surface area (Å²) < 4.78 is 115. The van der Waals surface area contributed by atoms with Crippen LogP contribution < -0.4 is 10.2 Å². The zero-order chi connectivity index (χ0) is 31.6. The third-order valence-electron chi connectivity index (χ3n) is 6.21. The Kier molecular flexibility index (Phi) is 8.99. The zero-order valence-corrected chi connectivity index (χ0v) is 22.1. The van der Waals surface area contributed by atoms with Gasteiger partial charge in [0.05, 0.1) is 24.0 Å². The van der Waals surface area contributed by atoms with Crippen LogP contribution in [0.5, 0.6) is 0 Å². The Balaban J connectivity index is 2.12. The van der Waals surface area contributed by atoms with Crippen molar-refractivity contribution in [3.8, 4) is 0 Å². The zero-order valence-electron chi connectivity index (χ0n) is 22.1. The molecule has 3 aromatic rings. The van der Waals surface area contributed by atoms with Crippen LogP contribution in [0.15, 0.2) is 60.7 Å². The van der Waals surface area contributed by atoms with Crippen LogP contribution in [-0.2, 0) is 15.2 Å². The fraction of sp³-hybridized carbons (Fsp3) is 0.250. The van der Waals surface area contributed by atoms with Gasteiger partial charge < -0.3 is 10.1 Å². The van der Waals surface area contributed by atoms with Gasteiger partial charge in [-0.1, -0.05) is 36.4 Å². The molecule has 3 aromatic carbocycles. The van der Waals surface area contributed by atoms with Gasteiger partial charge in [0.25, 0.3) is 11.8 Å². The SMILES string of the molecule is COC(=O)CN(C(=O)c1cccc(NC(=O)c2ccccc2)c1F)c1c(C)cc(C(F)(C(F)(F)F)C(F)(F)F)cc1C. The van der Waals surface area contributed by atoms with E-state index in [1.165, 1.54) is 18.2 Å². The van der Waals surface area contributed by atoms with Crippen LogP contribution >= 0.6 is 0 Å². The van der Waals surface area contributed by atoms with Gasteiger partial charge in [0.1, 0.15) is 6.54 Å². The molecule has 0 aliphatic rings. The first-order valence-electron chi connectivity index (χ1n) is 11.9. The van der Waals surface area contributed by atoms with Gasteiger partial charge in [0.2, 0.25) is 0 Å². The van der Waals surface area contributed by atoms with Crippen LogP contribution in [0.1, 0.15) is 37.4 Å². The number of rotatable bonds is 7. The Morgan fingerprint density at radius 1 is 0.833 bits per heavy atom. The predicted molar refractivity (Wildman–Crippen MR) is 135 cm³/mol. The lowest BCUT2D eigenvalue weighted by atomic mass is 9.90. The fourth-order valence-corrected chi connectivity index (χ4v) is 4.24. The van der Waals surface area contributed by atoms with Crippen LogP contribution in [0.25, 0.3) is 0 Å². The Bertz CT molecular complexity index is 1470. The molecule has 0 unspecified atom stereocenters. The first-order chi connectivity index (χ1) is 19.4. The molecule has 3 rings (SSSR count). The van der Waals surface area contributed by atoms with Gasteiger partial charge in [0.15, 0.2) is 5.82 Å². The molecule has 0 aliphatic heterocycles. The molecule has 0 spiro atoms. The first-order valence-corrected chi connectivity index (χ1v) is 11.9. The maximum Gasteiger partial charge on any atom is 0.435 e. The van der Waals surface area contributed by atoms with Crippen molar-refractivity contribution < 1.29 is 54.2 Å². The molecule has 0 heterocycles. The van der Waals surface area contributed by atoms with E-state index in [9.17, 15) is 45.1 Å². The Morgan fingerprint density at radius 2 is 1.38 bits per heavy atom. The van der Waals surface area contributed by atoms with E-state index in [0.29, 0.717) is 4.90 Å². The van der Waals surface area contributed by atoms with Crippen molar-refractivity contribution in [2.75, 3.05) is 23.9 Å². The number of nitrogens with one attached hydrogen (secondary N) is 1. The molecule has 224 valence electrons. The number of aryl methyl sites for hydroxylation is 2. The maximum atomic E-state index is 15.5. The van der Waals surface area contributed by atoms with Gasteiger partial charge in [-0.3, -0.25) is 19.3 Å². The number of nitrogens with zero attached hydrogens (tertiary/aromatic N) is 1. The van der Waals surface area contributed by atoms with Crippen molar-refractivity contribution in [2.45, 2.75) is 31.9 Å². The Hall–Kier alpha value is -4.49. The summed E-state index contributed by atoms with van der Waals surface area (Å²) in [7, 11) is 0.943. The molecule has 14 heteroatoms. The molecule has 0 aromatic heterocycles. The molecule has 6 nitrogen and oxygen atoms in total. The largest absolute Gasteiger partial charge is 0.468 e. The molecule has 1 N–H and O–H groups in total. The van der Waals surface area contributed by atoms with E-state index in [1.807, 2.05) is 0 Å². The summed E-state index contributed by atoms with van der Waals surface area (Å²) in [4.78, 5) is 38.8. The molecule has 0 saturated carbocycles. The minimum Gasteiger partial charge on any atom is -0.468 e. The van der Waals surface area contributed by atoms with Crippen molar-refractivity contribution in [3.05, 3.63) is 94.3 Å². The number of amides is 2. The molecular weight excluding hydrogens is 580 g/mol. The van der Waals surface area contributed by atoms with E-state index in [0.717, 1.165) is 33.1 Å². The summed E-state index contributed by atoms with van der Waals surface area (Å²) in [6.07, 6.45) is -12.8. The number of carbonyl (C=O) groups is 3. The van der Waals surface area contributed by atoms with Gasteiger partial charge in [-0.15, -0.1) is 0 Å². The van der Waals surface area contributed by atoms with Crippen LogP contribution in [-0.4, -0.2) is 43.8 Å². The van der Waals surface area contributed by atoms with Gasteiger partial charge >= 0.3 is 24.0 Å². The van der Waals surface area contributed by atoms with E-state index in [4.69, 9.17) is 0 Å². The topological polar surface area (TPSA) is 75.7 Å². The van der Waals surface area contributed by atoms with Crippen molar-refractivity contribution in [1.82, 2.24) is 0 Å². The summed E-state index contributed by atoms with van der Waals surface area (Å²) in [5, 5.41) is 2.30. The quantitative estimate of drug-likeness (QED) is 0.238. The second kappa shape index (κ2) is 11.8. The van der Waals surface area contributed by atoms with Crippen molar-refractivity contribution in [2.24, 2.45) is 0 Å². The smallest absolute Gasteiger partial charge is 0.435 e. The standard InChI is InChI=1S/C28H22F8N2O4/c1-15-12-18(26(30,27(31,32)33)28(34,35)36)13-16(2)23(15)38(14-21(39)42-3)25(41)19-10-7-11-20(22(19)29)37-24(40)17-8-5-4-6-9-17/h4-13H,14H2,1-3H3,(H,37,40). The number of anilines is 2. The second-order valence-electron chi connectivity index (χ2n) is 9.07. The monoisotopic (exact) mass is 602 g/mol. The molecule has 0 radical (unpaired) electrons. The average molecular weight is 602 g/mol. The third-order valence-corrected chi connectivity index (χ3v) is 6.21.